The number of piperazine rings is 1. The molecular formula is C21H27N3O4S. The average Bonchev–Trinajstić information content (AvgIpc) is 2.74. The number of carbonyl (C=O) groups excluding carboxylic acids is 1. The van der Waals surface area contributed by atoms with Gasteiger partial charge in [-0.3, -0.25) is 4.79 Å². The van der Waals surface area contributed by atoms with E-state index in [0.717, 1.165) is 5.69 Å². The minimum Gasteiger partial charge on any atom is -0.394 e. The van der Waals surface area contributed by atoms with Gasteiger partial charge in [0, 0.05) is 31.9 Å². The molecule has 1 aliphatic rings. The molecule has 2 aromatic rings. The number of nitrogens with one attached hydrogen (secondary N) is 1. The van der Waals surface area contributed by atoms with Crippen molar-refractivity contribution in [3.63, 3.8) is 0 Å². The quantitative estimate of drug-likeness (QED) is 0.739. The van der Waals surface area contributed by atoms with E-state index in [9.17, 15) is 18.3 Å². The highest BCUT2D eigenvalue weighted by Gasteiger charge is 2.31. The Labute approximate surface area is 172 Å². The van der Waals surface area contributed by atoms with Crippen molar-refractivity contribution in [2.45, 2.75) is 24.8 Å². The van der Waals surface area contributed by atoms with E-state index in [4.69, 9.17) is 0 Å². The lowest BCUT2D eigenvalue weighted by Gasteiger charge is -2.38. The molecule has 0 bridgehead atoms. The summed E-state index contributed by atoms with van der Waals surface area (Å²) in [7, 11) is -3.89. The van der Waals surface area contributed by atoms with Crippen LogP contribution in [0.15, 0.2) is 53.4 Å². The number of hydrogen-bond acceptors (Lipinski definition) is 5. The summed E-state index contributed by atoms with van der Waals surface area (Å²) < 4.78 is 27.3. The van der Waals surface area contributed by atoms with Crippen LogP contribution in [-0.4, -0.2) is 63.2 Å². The topological polar surface area (TPSA) is 89.9 Å². The van der Waals surface area contributed by atoms with Crippen LogP contribution in [0.5, 0.6) is 0 Å². The second kappa shape index (κ2) is 8.94. The van der Waals surface area contributed by atoms with Gasteiger partial charge in [0.25, 0.3) is 0 Å². The maximum Gasteiger partial charge on any atom is 0.243 e. The Balaban J connectivity index is 1.65. The lowest BCUT2D eigenvalue weighted by atomic mass is 10.1. The van der Waals surface area contributed by atoms with Gasteiger partial charge in [-0.1, -0.05) is 30.3 Å². The Morgan fingerprint density at radius 2 is 1.72 bits per heavy atom. The second-order valence-electron chi connectivity index (χ2n) is 7.27. The fraction of sp³-hybridized carbons (Fsp3) is 0.381. The van der Waals surface area contributed by atoms with E-state index < -0.39 is 28.6 Å². The Hall–Kier alpha value is -2.42. The van der Waals surface area contributed by atoms with Crippen molar-refractivity contribution < 1.29 is 18.3 Å². The molecule has 0 spiro atoms. The molecule has 7 nitrogen and oxygen atoms in total. The molecule has 1 atom stereocenters. The first-order valence-electron chi connectivity index (χ1n) is 9.61. The summed E-state index contributed by atoms with van der Waals surface area (Å²) in [5.41, 5.74) is 3.51. The van der Waals surface area contributed by atoms with Gasteiger partial charge in [0.05, 0.1) is 11.5 Å². The molecule has 2 N–H and O–H groups in total. The first-order chi connectivity index (χ1) is 13.8. The summed E-state index contributed by atoms with van der Waals surface area (Å²) >= 11 is 0. The Bertz CT molecular complexity index is 955. The molecule has 29 heavy (non-hydrogen) atoms. The molecule has 1 amide bonds. The van der Waals surface area contributed by atoms with Gasteiger partial charge in [0.2, 0.25) is 15.9 Å². The van der Waals surface area contributed by atoms with Gasteiger partial charge in [0.1, 0.15) is 6.04 Å². The van der Waals surface area contributed by atoms with E-state index in [-0.39, 0.29) is 4.90 Å². The van der Waals surface area contributed by atoms with Crippen molar-refractivity contribution >= 4 is 21.6 Å². The van der Waals surface area contributed by atoms with Crippen LogP contribution in [0.25, 0.3) is 0 Å². The van der Waals surface area contributed by atoms with E-state index in [0.29, 0.717) is 26.2 Å². The number of aliphatic hydroxyl groups is 1. The third-order valence-electron chi connectivity index (χ3n) is 5.13. The standard InChI is InChI=1S/C21H27N3O4S/c1-16-8-9-17(2)20(14-16)23-10-12-24(13-11-23)21(26)19(15-25)22-29(27,28)18-6-4-3-5-7-18/h3-9,14,19,22,25H,10-13,15H2,1-2H3. The molecule has 8 heteroatoms. The first-order valence-corrected chi connectivity index (χ1v) is 11.1. The number of rotatable bonds is 6. The van der Waals surface area contributed by atoms with E-state index in [2.05, 4.69) is 34.7 Å². The first kappa shape index (κ1) is 21.3. The zero-order valence-electron chi connectivity index (χ0n) is 16.7. The third-order valence-corrected chi connectivity index (χ3v) is 6.62. The van der Waals surface area contributed by atoms with Crippen molar-refractivity contribution in [1.82, 2.24) is 9.62 Å². The monoisotopic (exact) mass is 417 g/mol. The summed E-state index contributed by atoms with van der Waals surface area (Å²) in [5.74, 6) is -0.410. The van der Waals surface area contributed by atoms with Gasteiger partial charge in [-0.25, -0.2) is 8.42 Å². The highest BCUT2D eigenvalue weighted by molar-refractivity contribution is 7.89. The van der Waals surface area contributed by atoms with Gasteiger partial charge >= 0.3 is 0 Å². The summed E-state index contributed by atoms with van der Waals surface area (Å²) in [6, 6.07) is 12.9. The van der Waals surface area contributed by atoms with Crippen molar-refractivity contribution in [3.05, 3.63) is 59.7 Å². The number of aryl methyl sites for hydroxylation is 2. The van der Waals surface area contributed by atoms with Crippen molar-refractivity contribution in [3.8, 4) is 0 Å². The van der Waals surface area contributed by atoms with Crippen LogP contribution < -0.4 is 9.62 Å². The van der Waals surface area contributed by atoms with Gasteiger partial charge in [-0.05, 0) is 43.2 Å². The van der Waals surface area contributed by atoms with Gasteiger partial charge in [-0.2, -0.15) is 4.72 Å². The van der Waals surface area contributed by atoms with Crippen LogP contribution in [0.4, 0.5) is 5.69 Å². The van der Waals surface area contributed by atoms with Crippen molar-refractivity contribution in [1.29, 1.82) is 0 Å². The molecule has 0 radical (unpaired) electrons. The number of amides is 1. The van der Waals surface area contributed by atoms with Crippen LogP contribution in [0.2, 0.25) is 0 Å². The molecule has 2 aromatic carbocycles. The normalized spacial score (nSPS) is 16.0. The van der Waals surface area contributed by atoms with Gasteiger partial charge in [0.15, 0.2) is 0 Å². The van der Waals surface area contributed by atoms with Gasteiger partial charge < -0.3 is 14.9 Å². The number of aliphatic hydroxyl groups excluding tert-OH is 1. The Morgan fingerprint density at radius 3 is 2.34 bits per heavy atom. The minimum atomic E-state index is -3.89. The van der Waals surface area contributed by atoms with Crippen molar-refractivity contribution in [2.24, 2.45) is 0 Å². The molecule has 3 rings (SSSR count). The predicted molar refractivity (Wildman–Crippen MR) is 112 cm³/mol. The zero-order valence-corrected chi connectivity index (χ0v) is 17.5. The van der Waals surface area contributed by atoms with Crippen molar-refractivity contribution in [2.75, 3.05) is 37.7 Å². The van der Waals surface area contributed by atoms with E-state index in [1.54, 1.807) is 23.1 Å². The average molecular weight is 418 g/mol. The van der Waals surface area contributed by atoms with Crippen LogP contribution in [0.3, 0.4) is 0 Å². The summed E-state index contributed by atoms with van der Waals surface area (Å²) in [5, 5.41) is 9.65. The van der Waals surface area contributed by atoms with E-state index >= 15 is 0 Å². The number of nitrogens with zero attached hydrogens (tertiary/aromatic N) is 2. The number of sulfonamides is 1. The molecule has 1 fully saturated rings. The second-order valence-corrected chi connectivity index (χ2v) is 8.99. The molecule has 0 aliphatic carbocycles. The fourth-order valence-corrected chi connectivity index (χ4v) is 4.67. The molecule has 0 aromatic heterocycles. The molecule has 1 aliphatic heterocycles. The fourth-order valence-electron chi connectivity index (χ4n) is 3.47. The Kier molecular flexibility index (Phi) is 6.56. The summed E-state index contributed by atoms with van der Waals surface area (Å²) in [6.07, 6.45) is 0. The van der Waals surface area contributed by atoms with E-state index in [1.807, 2.05) is 6.92 Å². The molecule has 156 valence electrons. The highest BCUT2D eigenvalue weighted by atomic mass is 32.2. The Morgan fingerprint density at radius 1 is 1.07 bits per heavy atom. The molecule has 0 saturated carbocycles. The van der Waals surface area contributed by atoms with Gasteiger partial charge in [-0.15, -0.1) is 0 Å². The SMILES string of the molecule is Cc1ccc(C)c(N2CCN(C(=O)C(CO)NS(=O)(=O)c3ccccc3)CC2)c1. The minimum absolute atomic E-state index is 0.0611. The van der Waals surface area contributed by atoms with Crippen LogP contribution in [0.1, 0.15) is 11.1 Å². The summed E-state index contributed by atoms with van der Waals surface area (Å²) in [4.78, 5) is 16.7. The van der Waals surface area contributed by atoms with Crippen LogP contribution in [0, 0.1) is 13.8 Å². The van der Waals surface area contributed by atoms with Crippen LogP contribution >= 0.6 is 0 Å². The number of carbonyl (C=O) groups is 1. The number of hydrogen-bond donors (Lipinski definition) is 2. The predicted octanol–water partition coefficient (Wildman–Crippen LogP) is 1.29. The molecular weight excluding hydrogens is 390 g/mol. The van der Waals surface area contributed by atoms with E-state index in [1.165, 1.54) is 23.3 Å². The lowest BCUT2D eigenvalue weighted by molar-refractivity contribution is -0.134. The summed E-state index contributed by atoms with van der Waals surface area (Å²) in [6.45, 7) is 5.76. The largest absolute Gasteiger partial charge is 0.394 e. The maximum absolute atomic E-state index is 12.8. The molecule has 1 heterocycles. The van der Waals surface area contributed by atoms with Crippen LogP contribution in [-0.2, 0) is 14.8 Å². The lowest BCUT2D eigenvalue weighted by Crippen LogP contribution is -2.56. The number of benzene rings is 2. The number of anilines is 1. The zero-order chi connectivity index (χ0) is 21.0. The maximum atomic E-state index is 12.8. The third kappa shape index (κ3) is 4.95. The molecule has 1 unspecified atom stereocenters. The smallest absolute Gasteiger partial charge is 0.243 e. The molecule has 1 saturated heterocycles. The highest BCUT2D eigenvalue weighted by Crippen LogP contribution is 2.23.